The number of halogens is 3. The van der Waals surface area contributed by atoms with E-state index in [2.05, 4.69) is 4.98 Å². The highest BCUT2D eigenvalue weighted by atomic mass is 19.4. The predicted octanol–water partition coefficient (Wildman–Crippen LogP) is 2.87. The minimum atomic E-state index is -4.73. The predicted molar refractivity (Wildman–Crippen MR) is 63.2 cm³/mol. The van der Waals surface area contributed by atoms with Gasteiger partial charge in [0.15, 0.2) is 5.69 Å². The summed E-state index contributed by atoms with van der Waals surface area (Å²) in [5.74, 6) is -1.15. The Kier molecular flexibility index (Phi) is 3.25. The normalized spacial score (nSPS) is 11.3. The maximum atomic E-state index is 12.8. The van der Waals surface area contributed by atoms with E-state index in [0.717, 1.165) is 6.07 Å². The Morgan fingerprint density at radius 1 is 1.05 bits per heavy atom. The second-order valence-corrected chi connectivity index (χ2v) is 3.82. The largest absolute Gasteiger partial charge is 0.434 e. The molecule has 0 saturated heterocycles. The third kappa shape index (κ3) is 2.73. The van der Waals surface area contributed by atoms with Crippen molar-refractivity contribution < 1.29 is 18.0 Å². The molecule has 0 atom stereocenters. The molecule has 6 heteroatoms. The van der Waals surface area contributed by atoms with Gasteiger partial charge in [-0.3, -0.25) is 4.79 Å². The Morgan fingerprint density at radius 3 is 2.21 bits per heavy atom. The maximum absolute atomic E-state index is 12.8. The van der Waals surface area contributed by atoms with Gasteiger partial charge in [-0.15, -0.1) is 0 Å². The minimum Gasteiger partial charge on any atom is -0.366 e. The summed E-state index contributed by atoms with van der Waals surface area (Å²) >= 11 is 0. The van der Waals surface area contributed by atoms with Gasteiger partial charge in [-0.25, -0.2) is 4.98 Å². The van der Waals surface area contributed by atoms with Crippen molar-refractivity contribution in [3.05, 3.63) is 53.7 Å². The first-order chi connectivity index (χ1) is 8.89. The van der Waals surface area contributed by atoms with Crippen molar-refractivity contribution in [3.63, 3.8) is 0 Å². The highest BCUT2D eigenvalue weighted by Gasteiger charge is 2.37. The number of benzene rings is 1. The van der Waals surface area contributed by atoms with Crippen molar-refractivity contribution in [2.45, 2.75) is 6.18 Å². The van der Waals surface area contributed by atoms with Crippen LogP contribution in [0.1, 0.15) is 16.1 Å². The van der Waals surface area contributed by atoms with Crippen molar-refractivity contribution >= 4 is 5.91 Å². The average Bonchev–Trinajstić information content (AvgIpc) is 2.38. The quantitative estimate of drug-likeness (QED) is 0.908. The standard InChI is InChI=1S/C13H9F3N2O/c14-13(15,16)11-9(12(17)19)6-7-10(18-11)8-4-2-1-3-5-8/h1-7H,(H2,17,19). The number of primary amides is 1. The van der Waals surface area contributed by atoms with Crippen LogP contribution in [0.3, 0.4) is 0 Å². The van der Waals surface area contributed by atoms with E-state index in [1.54, 1.807) is 30.3 Å². The Bertz CT molecular complexity index is 609. The van der Waals surface area contributed by atoms with E-state index in [9.17, 15) is 18.0 Å². The van der Waals surface area contributed by atoms with E-state index in [-0.39, 0.29) is 5.69 Å². The molecule has 0 aliphatic heterocycles. The first kappa shape index (κ1) is 13.1. The lowest BCUT2D eigenvalue weighted by atomic mass is 10.1. The fourth-order valence-electron chi connectivity index (χ4n) is 1.64. The molecule has 1 heterocycles. The highest BCUT2D eigenvalue weighted by molar-refractivity contribution is 5.94. The van der Waals surface area contributed by atoms with E-state index in [1.165, 1.54) is 6.07 Å². The number of alkyl halides is 3. The second kappa shape index (κ2) is 4.72. The van der Waals surface area contributed by atoms with Gasteiger partial charge in [-0.1, -0.05) is 30.3 Å². The number of pyridine rings is 1. The molecule has 0 spiro atoms. The summed E-state index contributed by atoms with van der Waals surface area (Å²) in [4.78, 5) is 14.5. The number of amides is 1. The van der Waals surface area contributed by atoms with Crippen molar-refractivity contribution in [3.8, 4) is 11.3 Å². The Morgan fingerprint density at radius 2 is 1.68 bits per heavy atom. The van der Waals surface area contributed by atoms with Gasteiger partial charge in [0.2, 0.25) is 0 Å². The number of hydrogen-bond acceptors (Lipinski definition) is 2. The second-order valence-electron chi connectivity index (χ2n) is 3.82. The number of carbonyl (C=O) groups is 1. The Hall–Kier alpha value is -2.37. The highest BCUT2D eigenvalue weighted by Crippen LogP contribution is 2.32. The zero-order valence-electron chi connectivity index (χ0n) is 9.61. The van der Waals surface area contributed by atoms with Gasteiger partial charge in [0.05, 0.1) is 11.3 Å². The zero-order valence-corrected chi connectivity index (χ0v) is 9.61. The molecule has 0 unspecified atom stereocenters. The van der Waals surface area contributed by atoms with Crippen LogP contribution in [0.4, 0.5) is 13.2 Å². The van der Waals surface area contributed by atoms with Crippen LogP contribution in [-0.4, -0.2) is 10.9 Å². The fourth-order valence-corrected chi connectivity index (χ4v) is 1.64. The molecule has 2 N–H and O–H groups in total. The van der Waals surface area contributed by atoms with E-state index < -0.39 is 23.3 Å². The first-order valence-corrected chi connectivity index (χ1v) is 5.33. The molecular formula is C13H9F3N2O. The molecular weight excluding hydrogens is 257 g/mol. The third-order valence-corrected chi connectivity index (χ3v) is 2.50. The summed E-state index contributed by atoms with van der Waals surface area (Å²) in [6.07, 6.45) is -4.73. The van der Waals surface area contributed by atoms with Gasteiger partial charge in [0, 0.05) is 5.56 Å². The molecule has 2 rings (SSSR count). The Balaban J connectivity index is 2.60. The number of rotatable bonds is 2. The minimum absolute atomic E-state index is 0.137. The topological polar surface area (TPSA) is 56.0 Å². The summed E-state index contributed by atoms with van der Waals surface area (Å²) < 4.78 is 38.5. The maximum Gasteiger partial charge on any atom is 0.434 e. The van der Waals surface area contributed by atoms with Crippen LogP contribution < -0.4 is 5.73 Å². The van der Waals surface area contributed by atoms with Crippen molar-refractivity contribution in [2.24, 2.45) is 5.73 Å². The van der Waals surface area contributed by atoms with Crippen LogP contribution in [0, 0.1) is 0 Å². The van der Waals surface area contributed by atoms with Gasteiger partial charge in [-0.05, 0) is 12.1 Å². The van der Waals surface area contributed by atoms with Crippen LogP contribution in [0.5, 0.6) is 0 Å². The van der Waals surface area contributed by atoms with Gasteiger partial charge in [0.25, 0.3) is 5.91 Å². The number of carbonyl (C=O) groups excluding carboxylic acids is 1. The molecule has 0 aliphatic rings. The third-order valence-electron chi connectivity index (χ3n) is 2.50. The monoisotopic (exact) mass is 266 g/mol. The molecule has 0 fully saturated rings. The van der Waals surface area contributed by atoms with Gasteiger partial charge >= 0.3 is 6.18 Å². The number of nitrogens with two attached hydrogens (primary N) is 1. The van der Waals surface area contributed by atoms with Crippen LogP contribution >= 0.6 is 0 Å². The molecule has 0 bridgehead atoms. The first-order valence-electron chi connectivity index (χ1n) is 5.33. The smallest absolute Gasteiger partial charge is 0.366 e. The van der Waals surface area contributed by atoms with Crippen LogP contribution in [-0.2, 0) is 6.18 Å². The molecule has 2 aromatic rings. The molecule has 1 aromatic heterocycles. The van der Waals surface area contributed by atoms with E-state index in [0.29, 0.717) is 5.56 Å². The van der Waals surface area contributed by atoms with E-state index in [4.69, 9.17) is 5.73 Å². The van der Waals surface area contributed by atoms with Gasteiger partial charge < -0.3 is 5.73 Å². The lowest BCUT2D eigenvalue weighted by Gasteiger charge is -2.11. The number of hydrogen-bond donors (Lipinski definition) is 1. The lowest BCUT2D eigenvalue weighted by Crippen LogP contribution is -2.20. The SMILES string of the molecule is NC(=O)c1ccc(-c2ccccc2)nc1C(F)(F)F. The molecule has 3 nitrogen and oxygen atoms in total. The van der Waals surface area contributed by atoms with Crippen LogP contribution in [0.15, 0.2) is 42.5 Å². The molecule has 0 saturated carbocycles. The van der Waals surface area contributed by atoms with Crippen molar-refractivity contribution in [1.29, 1.82) is 0 Å². The Labute approximate surface area is 106 Å². The molecule has 98 valence electrons. The van der Waals surface area contributed by atoms with E-state index in [1.807, 2.05) is 0 Å². The fraction of sp³-hybridized carbons (Fsp3) is 0.0769. The molecule has 1 aromatic carbocycles. The van der Waals surface area contributed by atoms with E-state index >= 15 is 0 Å². The van der Waals surface area contributed by atoms with Crippen LogP contribution in [0.2, 0.25) is 0 Å². The average molecular weight is 266 g/mol. The zero-order chi connectivity index (χ0) is 14.0. The van der Waals surface area contributed by atoms with Crippen LogP contribution in [0.25, 0.3) is 11.3 Å². The summed E-state index contributed by atoms with van der Waals surface area (Å²) in [7, 11) is 0. The number of aromatic nitrogens is 1. The summed E-state index contributed by atoms with van der Waals surface area (Å²) in [6, 6.07) is 10.8. The van der Waals surface area contributed by atoms with Gasteiger partial charge in [0.1, 0.15) is 0 Å². The molecule has 19 heavy (non-hydrogen) atoms. The molecule has 0 aliphatic carbocycles. The molecule has 1 amide bonds. The summed E-state index contributed by atoms with van der Waals surface area (Å²) in [6.45, 7) is 0. The van der Waals surface area contributed by atoms with Crippen molar-refractivity contribution in [2.75, 3.05) is 0 Å². The molecule has 0 radical (unpaired) electrons. The summed E-state index contributed by atoms with van der Waals surface area (Å²) in [5.41, 5.74) is 3.69. The lowest BCUT2D eigenvalue weighted by molar-refractivity contribution is -0.141. The number of nitrogens with zero attached hydrogens (tertiary/aromatic N) is 1. The van der Waals surface area contributed by atoms with Gasteiger partial charge in [-0.2, -0.15) is 13.2 Å². The van der Waals surface area contributed by atoms with Crippen molar-refractivity contribution in [1.82, 2.24) is 4.98 Å². The summed E-state index contributed by atoms with van der Waals surface area (Å²) in [5, 5.41) is 0.